The smallest absolute Gasteiger partial charge is 0.315 e. The molecule has 2 fully saturated rings. The van der Waals surface area contributed by atoms with E-state index in [1.165, 1.54) is 0 Å². The SMILES string of the molecule is O=C(O)C1(C2(O)CCSC2)CNC1. The quantitative estimate of drug-likeness (QED) is 0.566. The van der Waals surface area contributed by atoms with Gasteiger partial charge in [0.05, 0.1) is 5.60 Å². The first-order valence-electron chi connectivity index (χ1n) is 4.35. The lowest BCUT2D eigenvalue weighted by Gasteiger charge is -2.48. The monoisotopic (exact) mass is 203 g/mol. The fraction of sp³-hybridized carbons (Fsp3) is 0.875. The largest absolute Gasteiger partial charge is 0.481 e. The van der Waals surface area contributed by atoms with Gasteiger partial charge in [-0.25, -0.2) is 0 Å². The first-order chi connectivity index (χ1) is 6.11. The lowest BCUT2D eigenvalue weighted by atomic mass is 9.67. The van der Waals surface area contributed by atoms with Gasteiger partial charge in [-0.1, -0.05) is 0 Å². The summed E-state index contributed by atoms with van der Waals surface area (Å²) in [6, 6.07) is 0. The molecule has 2 rings (SSSR count). The number of carboxylic acids is 1. The van der Waals surface area contributed by atoms with Crippen molar-refractivity contribution in [3.8, 4) is 0 Å². The van der Waals surface area contributed by atoms with Crippen LogP contribution in [0, 0.1) is 5.41 Å². The van der Waals surface area contributed by atoms with E-state index in [1.807, 2.05) is 0 Å². The summed E-state index contributed by atoms with van der Waals surface area (Å²) in [6.45, 7) is 0.804. The second kappa shape index (κ2) is 2.87. The van der Waals surface area contributed by atoms with Gasteiger partial charge < -0.3 is 15.5 Å². The zero-order chi connectivity index (χ0) is 9.53. The van der Waals surface area contributed by atoms with Crippen LogP contribution in [0.3, 0.4) is 0 Å². The average Bonchev–Trinajstić information content (AvgIpc) is 2.32. The maximum atomic E-state index is 11.1. The van der Waals surface area contributed by atoms with Crippen molar-refractivity contribution in [2.75, 3.05) is 24.6 Å². The number of thioether (sulfide) groups is 1. The molecule has 0 aromatic carbocycles. The van der Waals surface area contributed by atoms with Gasteiger partial charge in [0, 0.05) is 18.8 Å². The van der Waals surface area contributed by atoms with E-state index in [0.29, 0.717) is 25.3 Å². The molecule has 0 spiro atoms. The van der Waals surface area contributed by atoms with Gasteiger partial charge in [-0.2, -0.15) is 11.8 Å². The van der Waals surface area contributed by atoms with E-state index in [0.717, 1.165) is 5.75 Å². The Hall–Kier alpha value is -0.260. The van der Waals surface area contributed by atoms with Gasteiger partial charge in [0.1, 0.15) is 5.41 Å². The predicted molar refractivity (Wildman–Crippen MR) is 49.8 cm³/mol. The molecule has 5 heteroatoms. The molecule has 1 atom stereocenters. The summed E-state index contributed by atoms with van der Waals surface area (Å²) in [5.74, 6) is 0.559. The number of aliphatic hydroxyl groups is 1. The number of hydrogen-bond donors (Lipinski definition) is 3. The van der Waals surface area contributed by atoms with Crippen LogP contribution in [-0.2, 0) is 4.79 Å². The van der Waals surface area contributed by atoms with Crippen molar-refractivity contribution in [3.63, 3.8) is 0 Å². The Kier molecular flexibility index (Phi) is 2.05. The molecule has 1 unspecified atom stereocenters. The second-order valence-electron chi connectivity index (χ2n) is 3.82. The predicted octanol–water partition coefficient (Wildman–Crippen LogP) is -0.471. The van der Waals surface area contributed by atoms with E-state index in [1.54, 1.807) is 11.8 Å². The summed E-state index contributed by atoms with van der Waals surface area (Å²) >= 11 is 1.63. The van der Waals surface area contributed by atoms with Crippen LogP contribution in [0.2, 0.25) is 0 Å². The van der Waals surface area contributed by atoms with Crippen LogP contribution >= 0.6 is 11.8 Å². The molecule has 4 nitrogen and oxygen atoms in total. The zero-order valence-corrected chi connectivity index (χ0v) is 8.06. The van der Waals surface area contributed by atoms with Gasteiger partial charge in [0.2, 0.25) is 0 Å². The first-order valence-corrected chi connectivity index (χ1v) is 5.50. The summed E-state index contributed by atoms with van der Waals surface area (Å²) in [4.78, 5) is 11.1. The molecular weight excluding hydrogens is 190 g/mol. The molecule has 0 aliphatic carbocycles. The fourth-order valence-corrected chi connectivity index (χ4v) is 3.37. The van der Waals surface area contributed by atoms with Crippen LogP contribution in [-0.4, -0.2) is 46.4 Å². The number of aliphatic carboxylic acids is 1. The Balaban J connectivity index is 2.24. The Morgan fingerprint density at radius 3 is 2.46 bits per heavy atom. The number of hydrogen-bond acceptors (Lipinski definition) is 4. The van der Waals surface area contributed by atoms with Gasteiger partial charge in [-0.15, -0.1) is 0 Å². The summed E-state index contributed by atoms with van der Waals surface area (Å²) in [5.41, 5.74) is -1.91. The third-order valence-electron chi connectivity index (χ3n) is 3.15. The van der Waals surface area contributed by atoms with Crippen molar-refractivity contribution in [1.82, 2.24) is 5.32 Å². The van der Waals surface area contributed by atoms with Crippen LogP contribution in [0.1, 0.15) is 6.42 Å². The second-order valence-corrected chi connectivity index (χ2v) is 4.93. The highest BCUT2D eigenvalue weighted by atomic mass is 32.2. The van der Waals surface area contributed by atoms with Crippen LogP contribution in [0.25, 0.3) is 0 Å². The molecule has 2 saturated heterocycles. The van der Waals surface area contributed by atoms with Crippen molar-refractivity contribution in [2.45, 2.75) is 12.0 Å². The Morgan fingerprint density at radius 1 is 1.46 bits per heavy atom. The van der Waals surface area contributed by atoms with Crippen molar-refractivity contribution in [3.05, 3.63) is 0 Å². The van der Waals surface area contributed by atoms with Gasteiger partial charge >= 0.3 is 5.97 Å². The molecule has 13 heavy (non-hydrogen) atoms. The Bertz CT molecular complexity index is 234. The standard InChI is InChI=1S/C8H13NO3S/c10-6(11)7(3-9-4-7)8(12)1-2-13-5-8/h9,12H,1-5H2,(H,10,11). The normalized spacial score (nSPS) is 37.0. The van der Waals surface area contributed by atoms with Crippen molar-refractivity contribution >= 4 is 17.7 Å². The van der Waals surface area contributed by atoms with Crippen molar-refractivity contribution in [2.24, 2.45) is 5.41 Å². The molecule has 2 aliphatic rings. The van der Waals surface area contributed by atoms with E-state index in [2.05, 4.69) is 5.32 Å². The Morgan fingerprint density at radius 2 is 2.15 bits per heavy atom. The Labute approximate surface area is 80.7 Å². The van der Waals surface area contributed by atoms with Crippen molar-refractivity contribution < 1.29 is 15.0 Å². The zero-order valence-electron chi connectivity index (χ0n) is 7.25. The van der Waals surface area contributed by atoms with E-state index in [-0.39, 0.29) is 0 Å². The highest BCUT2D eigenvalue weighted by Gasteiger charge is 2.60. The molecule has 0 radical (unpaired) electrons. The highest BCUT2D eigenvalue weighted by Crippen LogP contribution is 2.44. The van der Waals surface area contributed by atoms with Gasteiger partial charge in [-0.3, -0.25) is 4.79 Å². The van der Waals surface area contributed by atoms with E-state index in [9.17, 15) is 9.90 Å². The minimum absolute atomic E-state index is 0.402. The van der Waals surface area contributed by atoms with Crippen LogP contribution in [0.4, 0.5) is 0 Å². The van der Waals surface area contributed by atoms with E-state index >= 15 is 0 Å². The minimum atomic E-state index is -0.991. The molecule has 0 amide bonds. The maximum Gasteiger partial charge on any atom is 0.315 e. The molecule has 0 aromatic rings. The highest BCUT2D eigenvalue weighted by molar-refractivity contribution is 7.99. The number of nitrogens with one attached hydrogen (secondary N) is 1. The molecule has 0 aromatic heterocycles. The maximum absolute atomic E-state index is 11.1. The molecule has 74 valence electrons. The van der Waals surface area contributed by atoms with Gasteiger partial charge in [-0.05, 0) is 12.2 Å². The van der Waals surface area contributed by atoms with E-state index < -0.39 is 17.0 Å². The van der Waals surface area contributed by atoms with Crippen molar-refractivity contribution in [1.29, 1.82) is 0 Å². The molecule has 2 heterocycles. The molecule has 0 saturated carbocycles. The lowest BCUT2D eigenvalue weighted by Crippen LogP contribution is -2.70. The topological polar surface area (TPSA) is 69.6 Å². The van der Waals surface area contributed by atoms with Gasteiger partial charge in [0.15, 0.2) is 0 Å². The van der Waals surface area contributed by atoms with Crippen LogP contribution in [0.5, 0.6) is 0 Å². The molecule has 3 N–H and O–H groups in total. The molecular formula is C8H13NO3S. The molecule has 2 aliphatic heterocycles. The summed E-state index contributed by atoms with van der Waals surface area (Å²) in [5, 5.41) is 22.2. The number of carboxylic acid groups (broad SMARTS) is 1. The van der Waals surface area contributed by atoms with Gasteiger partial charge in [0.25, 0.3) is 0 Å². The van der Waals surface area contributed by atoms with Crippen LogP contribution in [0.15, 0.2) is 0 Å². The fourth-order valence-electron chi connectivity index (χ4n) is 1.99. The lowest BCUT2D eigenvalue weighted by molar-refractivity contribution is -0.173. The average molecular weight is 203 g/mol. The van der Waals surface area contributed by atoms with E-state index in [4.69, 9.17) is 5.11 Å². The third-order valence-corrected chi connectivity index (χ3v) is 4.33. The number of rotatable bonds is 2. The van der Waals surface area contributed by atoms with Crippen LogP contribution < -0.4 is 5.32 Å². The molecule has 0 bridgehead atoms. The number of carbonyl (C=O) groups is 1. The summed E-state index contributed by atoms with van der Waals surface area (Å²) in [7, 11) is 0. The first kappa shape index (κ1) is 9.30. The minimum Gasteiger partial charge on any atom is -0.481 e. The third kappa shape index (κ3) is 1.11. The summed E-state index contributed by atoms with van der Waals surface area (Å²) in [6.07, 6.45) is 0.603. The summed E-state index contributed by atoms with van der Waals surface area (Å²) < 4.78 is 0.